The molecule has 0 bridgehead atoms. The molecule has 0 aliphatic carbocycles. The third kappa shape index (κ3) is 2.56. The summed E-state index contributed by atoms with van der Waals surface area (Å²) >= 11 is 0. The molecule has 2 aromatic rings. The number of halogens is 1. The molecule has 22 heavy (non-hydrogen) atoms. The van der Waals surface area contributed by atoms with E-state index in [1.165, 1.54) is 17.0 Å². The van der Waals surface area contributed by atoms with E-state index in [1.807, 2.05) is 18.2 Å². The van der Waals surface area contributed by atoms with E-state index in [1.54, 1.807) is 12.1 Å². The first-order chi connectivity index (χ1) is 10.4. The first-order valence-electron chi connectivity index (χ1n) is 7.25. The van der Waals surface area contributed by atoms with Gasteiger partial charge in [0, 0.05) is 12.0 Å². The lowest BCUT2D eigenvalue weighted by molar-refractivity contribution is 0.201. The van der Waals surface area contributed by atoms with Crippen LogP contribution in [0.15, 0.2) is 42.5 Å². The number of hydrogen-bond acceptors (Lipinski definition) is 1. The first-order valence-corrected chi connectivity index (χ1v) is 7.25. The third-order valence-corrected chi connectivity index (χ3v) is 4.19. The highest BCUT2D eigenvalue weighted by Crippen LogP contribution is 2.41. The lowest BCUT2D eigenvalue weighted by atomic mass is 9.86. The highest BCUT2D eigenvalue weighted by Gasteiger charge is 2.37. The highest BCUT2D eigenvalue weighted by molar-refractivity contribution is 5.90. The Hall–Kier alpha value is -2.36. The molecule has 0 atom stereocenters. The van der Waals surface area contributed by atoms with Gasteiger partial charge in [0.15, 0.2) is 0 Å². The molecule has 0 aromatic heterocycles. The molecule has 0 saturated carbocycles. The molecule has 2 aromatic carbocycles. The molecule has 1 aliphatic heterocycles. The topological polar surface area (TPSA) is 40.5 Å². The normalized spacial score (nSPS) is 15.7. The number of hydrogen-bond donors (Lipinski definition) is 1. The number of benzene rings is 2. The standard InChI is InChI=1S/C18H18FNO2/c1-18(2)11-20(17(21)22)16-10-13(5-8-15(16)18)9-12-3-6-14(19)7-4-12/h3-8,10H,9,11H2,1-2H3,(H,21,22). The Morgan fingerprint density at radius 1 is 1.18 bits per heavy atom. The Labute approximate surface area is 129 Å². The SMILES string of the molecule is CC1(C)CN(C(=O)O)c2cc(Cc3ccc(F)cc3)ccc21. The second-order valence-corrected chi connectivity index (χ2v) is 6.41. The summed E-state index contributed by atoms with van der Waals surface area (Å²) in [5.41, 5.74) is 3.66. The summed E-state index contributed by atoms with van der Waals surface area (Å²) in [5.74, 6) is -0.253. The van der Waals surface area contributed by atoms with E-state index < -0.39 is 6.09 Å². The van der Waals surface area contributed by atoms with Crippen LogP contribution < -0.4 is 4.90 Å². The van der Waals surface area contributed by atoms with Gasteiger partial charge in [-0.15, -0.1) is 0 Å². The number of anilines is 1. The van der Waals surface area contributed by atoms with Gasteiger partial charge in [-0.2, -0.15) is 0 Å². The van der Waals surface area contributed by atoms with Crippen molar-refractivity contribution in [1.29, 1.82) is 0 Å². The number of nitrogens with zero attached hydrogens (tertiary/aromatic N) is 1. The van der Waals surface area contributed by atoms with Crippen LogP contribution in [-0.4, -0.2) is 17.7 Å². The van der Waals surface area contributed by atoms with Gasteiger partial charge in [-0.05, 0) is 41.3 Å². The maximum atomic E-state index is 13.0. The predicted molar refractivity (Wildman–Crippen MR) is 84.0 cm³/mol. The Morgan fingerprint density at radius 2 is 1.82 bits per heavy atom. The lowest BCUT2D eigenvalue weighted by Gasteiger charge is -2.18. The monoisotopic (exact) mass is 299 g/mol. The number of rotatable bonds is 2. The molecule has 0 fully saturated rings. The van der Waals surface area contributed by atoms with Crippen LogP contribution >= 0.6 is 0 Å². The van der Waals surface area contributed by atoms with Gasteiger partial charge in [-0.3, -0.25) is 4.90 Å². The molecule has 1 aliphatic rings. The van der Waals surface area contributed by atoms with Crippen molar-refractivity contribution in [3.63, 3.8) is 0 Å². The minimum atomic E-state index is -0.925. The largest absolute Gasteiger partial charge is 0.465 e. The Kier molecular flexibility index (Phi) is 3.39. The third-order valence-electron chi connectivity index (χ3n) is 4.19. The van der Waals surface area contributed by atoms with Gasteiger partial charge in [-0.25, -0.2) is 9.18 Å². The van der Waals surface area contributed by atoms with E-state index in [4.69, 9.17) is 0 Å². The van der Waals surface area contributed by atoms with E-state index in [9.17, 15) is 14.3 Å². The molecule has 3 rings (SSSR count). The summed E-state index contributed by atoms with van der Waals surface area (Å²) in [4.78, 5) is 12.8. The van der Waals surface area contributed by atoms with E-state index in [0.29, 0.717) is 13.0 Å². The fraction of sp³-hybridized carbons (Fsp3) is 0.278. The van der Waals surface area contributed by atoms with Gasteiger partial charge in [0.1, 0.15) is 5.82 Å². The molecule has 0 radical (unpaired) electrons. The summed E-state index contributed by atoms with van der Waals surface area (Å²) in [7, 11) is 0. The molecule has 114 valence electrons. The Balaban J connectivity index is 1.94. The molecule has 1 amide bonds. The number of amides is 1. The molecule has 1 N–H and O–H groups in total. The Morgan fingerprint density at radius 3 is 2.45 bits per heavy atom. The van der Waals surface area contributed by atoms with Crippen LogP contribution in [0.25, 0.3) is 0 Å². The van der Waals surface area contributed by atoms with Crippen LogP contribution in [0.5, 0.6) is 0 Å². The van der Waals surface area contributed by atoms with Crippen molar-refractivity contribution in [1.82, 2.24) is 0 Å². The van der Waals surface area contributed by atoms with Crippen molar-refractivity contribution in [2.24, 2.45) is 0 Å². The summed E-state index contributed by atoms with van der Waals surface area (Å²) in [6.45, 7) is 4.57. The van der Waals surface area contributed by atoms with E-state index in [2.05, 4.69) is 13.8 Å². The zero-order chi connectivity index (χ0) is 15.9. The smallest absolute Gasteiger partial charge is 0.411 e. The van der Waals surface area contributed by atoms with Crippen LogP contribution in [0.3, 0.4) is 0 Å². The maximum Gasteiger partial charge on any atom is 0.411 e. The van der Waals surface area contributed by atoms with E-state index in [-0.39, 0.29) is 11.2 Å². The number of carboxylic acid groups (broad SMARTS) is 1. The van der Waals surface area contributed by atoms with Gasteiger partial charge in [0.25, 0.3) is 0 Å². The van der Waals surface area contributed by atoms with Crippen LogP contribution in [0.2, 0.25) is 0 Å². The zero-order valence-electron chi connectivity index (χ0n) is 12.6. The molecule has 0 unspecified atom stereocenters. The van der Waals surface area contributed by atoms with Crippen molar-refractivity contribution in [2.45, 2.75) is 25.7 Å². The molecule has 0 saturated heterocycles. The number of carbonyl (C=O) groups is 1. The predicted octanol–water partition coefficient (Wildman–Crippen LogP) is 4.19. The van der Waals surface area contributed by atoms with Crippen LogP contribution in [0, 0.1) is 5.82 Å². The zero-order valence-corrected chi connectivity index (χ0v) is 12.6. The molecular formula is C18H18FNO2. The first kappa shape index (κ1) is 14.6. The molecule has 0 spiro atoms. The fourth-order valence-corrected chi connectivity index (χ4v) is 3.06. The van der Waals surface area contributed by atoms with Crippen LogP contribution in [0.1, 0.15) is 30.5 Å². The molecule has 4 heteroatoms. The minimum absolute atomic E-state index is 0.178. The summed E-state index contributed by atoms with van der Waals surface area (Å²) in [5, 5.41) is 9.39. The van der Waals surface area contributed by atoms with Crippen molar-refractivity contribution < 1.29 is 14.3 Å². The molecule has 1 heterocycles. The van der Waals surface area contributed by atoms with Gasteiger partial charge < -0.3 is 5.11 Å². The minimum Gasteiger partial charge on any atom is -0.465 e. The van der Waals surface area contributed by atoms with Crippen molar-refractivity contribution in [2.75, 3.05) is 11.4 Å². The van der Waals surface area contributed by atoms with E-state index in [0.717, 1.165) is 22.4 Å². The molecule has 3 nitrogen and oxygen atoms in total. The summed E-state index contributed by atoms with van der Waals surface area (Å²) < 4.78 is 13.0. The second-order valence-electron chi connectivity index (χ2n) is 6.41. The van der Waals surface area contributed by atoms with Gasteiger partial charge in [-0.1, -0.05) is 38.1 Å². The van der Waals surface area contributed by atoms with Gasteiger partial charge >= 0.3 is 6.09 Å². The van der Waals surface area contributed by atoms with Gasteiger partial charge in [0.2, 0.25) is 0 Å². The van der Waals surface area contributed by atoms with Crippen LogP contribution in [0.4, 0.5) is 14.9 Å². The molecular weight excluding hydrogens is 281 g/mol. The lowest BCUT2D eigenvalue weighted by Crippen LogP contribution is -2.32. The van der Waals surface area contributed by atoms with Crippen LogP contribution in [-0.2, 0) is 11.8 Å². The Bertz CT molecular complexity index is 722. The van der Waals surface area contributed by atoms with Gasteiger partial charge in [0.05, 0.1) is 5.69 Å². The summed E-state index contributed by atoms with van der Waals surface area (Å²) in [6, 6.07) is 12.3. The fourth-order valence-electron chi connectivity index (χ4n) is 3.06. The quantitative estimate of drug-likeness (QED) is 0.903. The highest BCUT2D eigenvalue weighted by atomic mass is 19.1. The van der Waals surface area contributed by atoms with Crippen molar-refractivity contribution in [3.05, 3.63) is 65.0 Å². The maximum absolute atomic E-state index is 13.0. The number of fused-ring (bicyclic) bond motifs is 1. The summed E-state index contributed by atoms with van der Waals surface area (Å²) in [6.07, 6.45) is -0.271. The van der Waals surface area contributed by atoms with Crippen molar-refractivity contribution >= 4 is 11.8 Å². The van der Waals surface area contributed by atoms with E-state index >= 15 is 0 Å². The average molecular weight is 299 g/mol. The van der Waals surface area contributed by atoms with Crippen molar-refractivity contribution in [3.8, 4) is 0 Å². The second kappa shape index (κ2) is 5.13. The average Bonchev–Trinajstić information content (AvgIpc) is 2.73.